The van der Waals surface area contributed by atoms with Crippen molar-refractivity contribution in [3.05, 3.63) is 35.4 Å². The number of ether oxygens (including phenoxy) is 1. The molecule has 1 aliphatic rings. The van der Waals surface area contributed by atoms with Crippen molar-refractivity contribution in [2.45, 2.75) is 11.3 Å². The Hall–Kier alpha value is -1.13. The Bertz CT molecular complexity index is 626. The topological polar surface area (TPSA) is 67.9 Å². The maximum absolute atomic E-state index is 14.0. The highest BCUT2D eigenvalue weighted by Gasteiger charge is 2.44. The molecule has 0 radical (unpaired) electrons. The van der Waals surface area contributed by atoms with E-state index in [-0.39, 0.29) is 25.3 Å². The summed E-state index contributed by atoms with van der Waals surface area (Å²) in [4.78, 5) is 5.21. The van der Waals surface area contributed by atoms with E-state index in [9.17, 15) is 17.2 Å². The second kappa shape index (κ2) is 6.97. The molecule has 1 fully saturated rings. The van der Waals surface area contributed by atoms with Crippen LogP contribution >= 0.6 is 0 Å². The van der Waals surface area contributed by atoms with Crippen LogP contribution in [0, 0.1) is 11.6 Å². The largest absolute Gasteiger partial charge is 0.383 e. The zero-order valence-electron chi connectivity index (χ0n) is 12.3. The number of nitrogens with zero attached hydrogens (tertiary/aromatic N) is 1. The van der Waals surface area contributed by atoms with Crippen molar-refractivity contribution in [3.63, 3.8) is 0 Å². The summed E-state index contributed by atoms with van der Waals surface area (Å²) in [5, 5.41) is 0.184. The van der Waals surface area contributed by atoms with Crippen molar-refractivity contribution >= 4 is 10.0 Å². The van der Waals surface area contributed by atoms with E-state index in [4.69, 9.17) is 9.57 Å². The van der Waals surface area contributed by atoms with Crippen LogP contribution in [0.5, 0.6) is 0 Å². The normalized spacial score (nSPS) is 23.1. The van der Waals surface area contributed by atoms with Gasteiger partial charge in [0.1, 0.15) is 16.9 Å². The molecule has 2 atom stereocenters. The smallest absolute Gasteiger partial charge is 0.218 e. The van der Waals surface area contributed by atoms with Crippen LogP contribution in [0.1, 0.15) is 11.6 Å². The maximum atomic E-state index is 14.0. The minimum atomic E-state index is -3.78. The second-order valence-corrected chi connectivity index (χ2v) is 6.91. The Morgan fingerprint density at radius 2 is 2.18 bits per heavy atom. The highest BCUT2D eigenvalue weighted by Crippen LogP contribution is 2.34. The molecule has 6 nitrogen and oxygen atoms in total. The molecule has 1 aromatic rings. The third kappa shape index (κ3) is 3.61. The molecule has 1 N–H and O–H groups in total. The number of methoxy groups -OCH3 is 1. The highest BCUT2D eigenvalue weighted by atomic mass is 32.2. The van der Waals surface area contributed by atoms with Gasteiger partial charge in [-0.3, -0.25) is 4.84 Å². The summed E-state index contributed by atoms with van der Waals surface area (Å²) >= 11 is 0. The third-order valence-electron chi connectivity index (χ3n) is 3.47. The van der Waals surface area contributed by atoms with Gasteiger partial charge in [0.05, 0.1) is 19.3 Å². The number of benzene rings is 1. The summed E-state index contributed by atoms with van der Waals surface area (Å²) in [6.45, 7) is 0.165. The van der Waals surface area contributed by atoms with Crippen molar-refractivity contribution in [2.24, 2.45) is 0 Å². The van der Waals surface area contributed by atoms with E-state index in [0.29, 0.717) is 0 Å². The Kier molecular flexibility index (Phi) is 5.45. The number of hydrogen-bond donors (Lipinski definition) is 1. The van der Waals surface area contributed by atoms with Crippen LogP contribution in [-0.2, 0) is 19.6 Å². The van der Waals surface area contributed by atoms with E-state index in [1.54, 1.807) is 0 Å². The van der Waals surface area contributed by atoms with Gasteiger partial charge in [0, 0.05) is 26.3 Å². The average Bonchev–Trinajstić information content (AvgIpc) is 2.84. The number of nitrogens with one attached hydrogen (secondary N) is 1. The van der Waals surface area contributed by atoms with Crippen molar-refractivity contribution < 1.29 is 26.8 Å². The molecule has 2 unspecified atom stereocenters. The fraction of sp³-hybridized carbons (Fsp3) is 0.538. The number of hydrogen-bond acceptors (Lipinski definition) is 5. The van der Waals surface area contributed by atoms with E-state index in [0.717, 1.165) is 18.2 Å². The van der Waals surface area contributed by atoms with Crippen LogP contribution in [0.4, 0.5) is 8.78 Å². The van der Waals surface area contributed by atoms with Crippen molar-refractivity contribution in [1.29, 1.82) is 0 Å². The molecule has 0 saturated carbocycles. The number of rotatable bonds is 6. The van der Waals surface area contributed by atoms with Crippen LogP contribution in [0.15, 0.2) is 18.2 Å². The molecule has 0 spiro atoms. The first-order valence-corrected chi connectivity index (χ1v) is 8.19. The van der Waals surface area contributed by atoms with Crippen LogP contribution in [0.3, 0.4) is 0 Å². The standard InChI is InChI=1S/C13H18F2N2O4S/c1-17-13(10-7-9(14)3-4-11(10)15)12(8-21-17)22(18,19)16-5-6-20-2/h3-4,7,12-13,16H,5-6,8H2,1-2H3. The fourth-order valence-corrected chi connectivity index (χ4v) is 3.87. The Morgan fingerprint density at radius 1 is 1.45 bits per heavy atom. The number of sulfonamides is 1. The van der Waals surface area contributed by atoms with Crippen molar-refractivity contribution in [3.8, 4) is 0 Å². The molecule has 9 heteroatoms. The third-order valence-corrected chi connectivity index (χ3v) is 5.27. The average molecular weight is 336 g/mol. The number of hydroxylamine groups is 2. The van der Waals surface area contributed by atoms with E-state index in [1.807, 2.05) is 0 Å². The van der Waals surface area contributed by atoms with Gasteiger partial charge in [0.2, 0.25) is 10.0 Å². The predicted octanol–water partition coefficient (Wildman–Crippen LogP) is 0.817. The summed E-state index contributed by atoms with van der Waals surface area (Å²) < 4.78 is 59.2. The Balaban J connectivity index is 2.30. The number of halogens is 2. The summed E-state index contributed by atoms with van der Waals surface area (Å²) in [6, 6.07) is 2.01. The van der Waals surface area contributed by atoms with Crippen LogP contribution < -0.4 is 4.72 Å². The van der Waals surface area contributed by atoms with Crippen LogP contribution in [0.2, 0.25) is 0 Å². The van der Waals surface area contributed by atoms with Crippen LogP contribution in [0.25, 0.3) is 0 Å². The van der Waals surface area contributed by atoms with E-state index >= 15 is 0 Å². The SMILES string of the molecule is COCCNS(=O)(=O)C1CON(C)C1c1cc(F)ccc1F. The van der Waals surface area contributed by atoms with Gasteiger partial charge in [-0.05, 0) is 18.2 Å². The van der Waals surface area contributed by atoms with Gasteiger partial charge in [-0.25, -0.2) is 21.9 Å². The second-order valence-electron chi connectivity index (χ2n) is 4.92. The fourth-order valence-electron chi connectivity index (χ4n) is 2.39. The monoisotopic (exact) mass is 336 g/mol. The molecule has 0 aromatic heterocycles. The maximum Gasteiger partial charge on any atom is 0.218 e. The molecule has 1 saturated heterocycles. The van der Waals surface area contributed by atoms with E-state index in [1.165, 1.54) is 19.2 Å². The lowest BCUT2D eigenvalue weighted by Gasteiger charge is -2.23. The van der Waals surface area contributed by atoms with Crippen molar-refractivity contribution in [2.75, 3.05) is 33.9 Å². The summed E-state index contributed by atoms with van der Waals surface area (Å²) in [7, 11) is -0.842. The molecular formula is C13H18F2N2O4S. The Labute approximate surface area is 128 Å². The van der Waals surface area contributed by atoms with Gasteiger partial charge >= 0.3 is 0 Å². The minimum absolute atomic E-state index is 0.0536. The minimum Gasteiger partial charge on any atom is -0.383 e. The van der Waals surface area contributed by atoms with Crippen LogP contribution in [-0.4, -0.2) is 52.6 Å². The molecule has 22 heavy (non-hydrogen) atoms. The van der Waals surface area contributed by atoms with E-state index < -0.39 is 32.9 Å². The lowest BCUT2D eigenvalue weighted by atomic mass is 10.0. The Morgan fingerprint density at radius 3 is 2.86 bits per heavy atom. The molecule has 0 aliphatic carbocycles. The van der Waals surface area contributed by atoms with Gasteiger partial charge in [-0.15, -0.1) is 0 Å². The van der Waals surface area contributed by atoms with Crippen molar-refractivity contribution in [1.82, 2.24) is 9.79 Å². The van der Waals surface area contributed by atoms with E-state index in [2.05, 4.69) is 4.72 Å². The van der Waals surface area contributed by atoms with Gasteiger partial charge in [-0.1, -0.05) is 0 Å². The lowest BCUT2D eigenvalue weighted by molar-refractivity contribution is -0.111. The quantitative estimate of drug-likeness (QED) is 0.779. The predicted molar refractivity (Wildman–Crippen MR) is 75.4 cm³/mol. The molecule has 0 amide bonds. The summed E-state index contributed by atoms with van der Waals surface area (Å²) in [6.07, 6.45) is 0. The molecule has 0 bridgehead atoms. The molecular weight excluding hydrogens is 318 g/mol. The molecule has 1 aromatic carbocycles. The first kappa shape index (κ1) is 17.2. The molecule has 1 heterocycles. The van der Waals surface area contributed by atoms with Gasteiger partial charge < -0.3 is 4.74 Å². The molecule has 2 rings (SSSR count). The van der Waals surface area contributed by atoms with Gasteiger partial charge in [0.25, 0.3) is 0 Å². The first-order chi connectivity index (χ1) is 10.4. The zero-order valence-corrected chi connectivity index (χ0v) is 13.1. The van der Waals surface area contributed by atoms with Gasteiger partial charge in [0.15, 0.2) is 0 Å². The highest BCUT2D eigenvalue weighted by molar-refractivity contribution is 7.90. The molecule has 124 valence electrons. The molecule has 1 aliphatic heterocycles. The summed E-state index contributed by atoms with van der Waals surface area (Å²) in [5.41, 5.74) is -0.0536. The lowest BCUT2D eigenvalue weighted by Crippen LogP contribution is -2.40. The van der Waals surface area contributed by atoms with Gasteiger partial charge in [-0.2, -0.15) is 5.06 Å². The first-order valence-electron chi connectivity index (χ1n) is 6.65. The zero-order chi connectivity index (χ0) is 16.3. The summed E-state index contributed by atoms with van der Waals surface area (Å²) in [5.74, 6) is -1.32.